The predicted molar refractivity (Wildman–Crippen MR) is 109 cm³/mol. The summed E-state index contributed by atoms with van der Waals surface area (Å²) < 4.78 is 5.63. The van der Waals surface area contributed by atoms with Gasteiger partial charge in [-0.25, -0.2) is 4.79 Å². The largest absolute Gasteiger partial charge is 0.454 e. The molecule has 0 unspecified atom stereocenters. The molecule has 3 rings (SSSR count). The van der Waals surface area contributed by atoms with Gasteiger partial charge in [-0.3, -0.25) is 4.79 Å². The lowest BCUT2D eigenvalue weighted by atomic mass is 10.1. The van der Waals surface area contributed by atoms with Crippen LogP contribution in [0.1, 0.15) is 49.8 Å². The molecule has 1 fully saturated rings. The van der Waals surface area contributed by atoms with Gasteiger partial charge in [-0.05, 0) is 47.6 Å². The maximum Gasteiger partial charge on any atom is 0.338 e. The van der Waals surface area contributed by atoms with Crippen molar-refractivity contribution in [1.29, 1.82) is 0 Å². The number of ether oxygens (including phenoxy) is 1. The summed E-state index contributed by atoms with van der Waals surface area (Å²) in [7, 11) is 0. The Hall–Kier alpha value is -1.72. The van der Waals surface area contributed by atoms with E-state index in [4.69, 9.17) is 4.74 Å². The Morgan fingerprint density at radius 3 is 2.19 bits per heavy atom. The highest BCUT2D eigenvalue weighted by molar-refractivity contribution is 8.16. The van der Waals surface area contributed by atoms with Crippen LogP contribution in [0, 0.1) is 0 Å². The number of benzene rings is 2. The molecule has 1 heterocycles. The average molecular weight is 387 g/mol. The van der Waals surface area contributed by atoms with Crippen LogP contribution in [0.3, 0.4) is 0 Å². The van der Waals surface area contributed by atoms with Gasteiger partial charge >= 0.3 is 5.97 Å². The molecule has 0 radical (unpaired) electrons. The molecule has 0 aromatic heterocycles. The molecule has 1 aliphatic heterocycles. The van der Waals surface area contributed by atoms with Crippen LogP contribution in [0.4, 0.5) is 0 Å². The number of carbonyl (C=O) groups excluding carboxylic acids is 2. The number of rotatable bonds is 6. The number of esters is 1. The van der Waals surface area contributed by atoms with E-state index in [1.165, 1.54) is 29.1 Å². The summed E-state index contributed by atoms with van der Waals surface area (Å²) in [4.78, 5) is 24.3. The second-order valence-corrected chi connectivity index (χ2v) is 8.82. The van der Waals surface area contributed by atoms with Gasteiger partial charge in [0.15, 0.2) is 12.4 Å². The van der Waals surface area contributed by atoms with E-state index < -0.39 is 5.97 Å². The van der Waals surface area contributed by atoms with Gasteiger partial charge in [-0.15, -0.1) is 23.5 Å². The van der Waals surface area contributed by atoms with Gasteiger partial charge in [0.2, 0.25) is 0 Å². The molecule has 1 saturated heterocycles. The molecule has 136 valence electrons. The Bertz CT molecular complexity index is 748. The Balaban J connectivity index is 1.54. The number of aryl methyl sites for hydroxylation is 1. The molecule has 0 spiro atoms. The van der Waals surface area contributed by atoms with Gasteiger partial charge in [0.05, 0.1) is 10.1 Å². The van der Waals surface area contributed by atoms with Crippen molar-refractivity contribution < 1.29 is 14.3 Å². The van der Waals surface area contributed by atoms with Crippen LogP contribution in [0.25, 0.3) is 0 Å². The molecule has 0 amide bonds. The van der Waals surface area contributed by atoms with Gasteiger partial charge in [-0.2, -0.15) is 0 Å². The normalized spacial score (nSPS) is 14.8. The maximum absolute atomic E-state index is 12.2. The first-order valence-electron chi connectivity index (χ1n) is 8.80. The molecule has 5 heteroatoms. The third kappa shape index (κ3) is 4.92. The molecule has 1 aliphatic rings. The molecular weight excluding hydrogens is 364 g/mol. The molecule has 3 nitrogen and oxygen atoms in total. The minimum Gasteiger partial charge on any atom is -0.454 e. The van der Waals surface area contributed by atoms with Crippen molar-refractivity contribution in [3.05, 3.63) is 70.8 Å². The van der Waals surface area contributed by atoms with Gasteiger partial charge in [0, 0.05) is 5.56 Å². The van der Waals surface area contributed by atoms with Crippen LogP contribution in [0.15, 0.2) is 48.5 Å². The first-order valence-corrected chi connectivity index (χ1v) is 10.9. The van der Waals surface area contributed by atoms with Crippen LogP contribution in [0.2, 0.25) is 0 Å². The van der Waals surface area contributed by atoms with E-state index in [1.807, 2.05) is 47.8 Å². The molecule has 0 atom stereocenters. The lowest BCUT2D eigenvalue weighted by Crippen LogP contribution is -2.14. The van der Waals surface area contributed by atoms with E-state index in [-0.39, 0.29) is 12.4 Å². The Labute approximate surface area is 162 Å². The Morgan fingerprint density at radius 1 is 0.962 bits per heavy atom. The number of thioether (sulfide) groups is 2. The fourth-order valence-electron chi connectivity index (χ4n) is 2.68. The second-order valence-electron chi connectivity index (χ2n) is 6.10. The van der Waals surface area contributed by atoms with E-state index in [1.54, 1.807) is 24.3 Å². The summed E-state index contributed by atoms with van der Waals surface area (Å²) in [5, 5.41) is 0. The summed E-state index contributed by atoms with van der Waals surface area (Å²) in [5.74, 6) is 1.72. The summed E-state index contributed by atoms with van der Waals surface area (Å²) >= 11 is 3.89. The molecule has 0 N–H and O–H groups in total. The number of Topliss-reactive ketones (excluding diaryl/α,β-unsaturated/α-hetero) is 1. The van der Waals surface area contributed by atoms with Gasteiger partial charge < -0.3 is 4.74 Å². The zero-order valence-electron chi connectivity index (χ0n) is 14.8. The second kappa shape index (κ2) is 9.28. The molecule has 0 saturated carbocycles. The molecular formula is C21H22O3S2. The molecule has 2 aromatic rings. The highest BCUT2D eigenvalue weighted by atomic mass is 32.2. The number of hydrogen-bond acceptors (Lipinski definition) is 5. The minimum absolute atomic E-state index is 0.187. The average Bonchev–Trinajstić information content (AvgIpc) is 2.72. The molecule has 26 heavy (non-hydrogen) atoms. The van der Waals surface area contributed by atoms with E-state index >= 15 is 0 Å². The van der Waals surface area contributed by atoms with E-state index in [2.05, 4.69) is 6.92 Å². The zero-order chi connectivity index (χ0) is 18.4. The lowest BCUT2D eigenvalue weighted by molar-refractivity contribution is 0.0475. The van der Waals surface area contributed by atoms with Crippen LogP contribution in [-0.2, 0) is 11.2 Å². The summed E-state index contributed by atoms with van der Waals surface area (Å²) in [6.07, 6.45) is 2.18. The fourth-order valence-corrected chi connectivity index (χ4v) is 5.57. The quantitative estimate of drug-likeness (QED) is 0.507. The SMILES string of the molecule is CCc1ccc(C(=O)COC(=O)c2ccc(C3SCCCS3)cc2)cc1. The predicted octanol–water partition coefficient (Wildman–Crippen LogP) is 5.16. The summed E-state index contributed by atoms with van der Waals surface area (Å²) in [6, 6.07) is 15.0. The van der Waals surface area contributed by atoms with Crippen molar-refractivity contribution in [3.8, 4) is 0 Å². The fraction of sp³-hybridized carbons (Fsp3) is 0.333. The topological polar surface area (TPSA) is 43.4 Å². The van der Waals surface area contributed by atoms with Gasteiger partial charge in [-0.1, -0.05) is 43.3 Å². The highest BCUT2D eigenvalue weighted by Gasteiger charge is 2.17. The van der Waals surface area contributed by atoms with Crippen molar-refractivity contribution in [2.45, 2.75) is 24.3 Å². The zero-order valence-corrected chi connectivity index (χ0v) is 16.4. The van der Waals surface area contributed by atoms with Gasteiger partial charge in [0.25, 0.3) is 0 Å². The first-order chi connectivity index (χ1) is 12.7. The summed E-state index contributed by atoms with van der Waals surface area (Å²) in [6.45, 7) is 1.83. The molecule has 2 aromatic carbocycles. The van der Waals surface area contributed by atoms with E-state index in [9.17, 15) is 9.59 Å². The summed E-state index contributed by atoms with van der Waals surface area (Å²) in [5.41, 5.74) is 3.45. The first kappa shape index (κ1) is 19.1. The van der Waals surface area contributed by atoms with Crippen LogP contribution < -0.4 is 0 Å². The van der Waals surface area contributed by atoms with Crippen molar-refractivity contribution in [1.82, 2.24) is 0 Å². The van der Waals surface area contributed by atoms with Crippen LogP contribution in [-0.4, -0.2) is 29.9 Å². The Kier molecular flexibility index (Phi) is 6.80. The number of hydrogen-bond donors (Lipinski definition) is 0. The lowest BCUT2D eigenvalue weighted by Gasteiger charge is -2.21. The van der Waals surface area contributed by atoms with E-state index in [0.29, 0.717) is 15.7 Å². The third-order valence-electron chi connectivity index (χ3n) is 4.26. The molecule has 0 aliphatic carbocycles. The number of ketones is 1. The number of carbonyl (C=O) groups is 2. The van der Waals surface area contributed by atoms with Crippen LogP contribution >= 0.6 is 23.5 Å². The van der Waals surface area contributed by atoms with Crippen molar-refractivity contribution in [2.75, 3.05) is 18.1 Å². The highest BCUT2D eigenvalue weighted by Crippen LogP contribution is 2.43. The van der Waals surface area contributed by atoms with Crippen LogP contribution in [0.5, 0.6) is 0 Å². The van der Waals surface area contributed by atoms with Gasteiger partial charge in [0.1, 0.15) is 0 Å². The monoisotopic (exact) mass is 386 g/mol. The standard InChI is InChI=1S/C21H22O3S2/c1-2-15-4-6-16(7-5-15)19(22)14-24-20(23)17-8-10-18(11-9-17)21-25-12-3-13-26-21/h4-11,21H,2-3,12-14H2,1H3. The minimum atomic E-state index is -0.459. The maximum atomic E-state index is 12.2. The third-order valence-corrected chi connectivity index (χ3v) is 7.28. The Morgan fingerprint density at radius 2 is 1.58 bits per heavy atom. The van der Waals surface area contributed by atoms with Crippen molar-refractivity contribution in [2.24, 2.45) is 0 Å². The van der Waals surface area contributed by atoms with Crippen molar-refractivity contribution in [3.63, 3.8) is 0 Å². The van der Waals surface area contributed by atoms with E-state index in [0.717, 1.165) is 6.42 Å². The van der Waals surface area contributed by atoms with Crippen molar-refractivity contribution >= 4 is 35.3 Å². The smallest absolute Gasteiger partial charge is 0.338 e. The molecule has 0 bridgehead atoms.